The van der Waals surface area contributed by atoms with Crippen LogP contribution in [0.2, 0.25) is 0 Å². The number of primary sulfonamides is 1. The molecule has 0 spiro atoms. The molecule has 0 bridgehead atoms. The standard InChI is InChI=1S/C23H23N5O3S2/c1-14-8-11-21(19-7-5-4-6-18(14)19)28-16(3)26-27-23(28)32-13-22(29)25-20-10-9-17(12-15(20)2)33(24,30)31/h4-12H,13H2,1-3H3,(H,25,29)(H2,24,30,31). The van der Waals surface area contributed by atoms with Crippen LogP contribution in [0, 0.1) is 20.8 Å². The third kappa shape index (κ3) is 4.77. The molecule has 0 saturated carbocycles. The summed E-state index contributed by atoms with van der Waals surface area (Å²) in [5.41, 5.74) is 3.26. The zero-order valence-corrected chi connectivity index (χ0v) is 20.0. The highest BCUT2D eigenvalue weighted by molar-refractivity contribution is 7.99. The number of anilines is 1. The Labute approximate surface area is 196 Å². The second kappa shape index (κ2) is 8.97. The van der Waals surface area contributed by atoms with Crippen LogP contribution in [0.1, 0.15) is 17.0 Å². The third-order valence-electron chi connectivity index (χ3n) is 5.29. The van der Waals surface area contributed by atoms with Gasteiger partial charge in [-0.3, -0.25) is 9.36 Å². The number of amides is 1. The minimum atomic E-state index is -3.80. The number of aromatic nitrogens is 3. The molecule has 1 amide bonds. The first-order valence-corrected chi connectivity index (χ1v) is 12.6. The van der Waals surface area contributed by atoms with E-state index in [1.807, 2.05) is 29.7 Å². The molecular weight excluding hydrogens is 458 g/mol. The van der Waals surface area contributed by atoms with Gasteiger partial charge in [-0.1, -0.05) is 42.1 Å². The highest BCUT2D eigenvalue weighted by atomic mass is 32.2. The maximum Gasteiger partial charge on any atom is 0.238 e. The van der Waals surface area contributed by atoms with Crippen LogP contribution in [0.15, 0.2) is 64.6 Å². The Morgan fingerprint density at radius 3 is 2.42 bits per heavy atom. The molecule has 10 heteroatoms. The number of hydrogen-bond donors (Lipinski definition) is 2. The first kappa shape index (κ1) is 23.0. The second-order valence-corrected chi connectivity index (χ2v) is 10.2. The normalized spacial score (nSPS) is 11.6. The lowest BCUT2D eigenvalue weighted by Gasteiger charge is -2.13. The fourth-order valence-corrected chi connectivity index (χ4v) is 5.00. The highest BCUT2D eigenvalue weighted by Gasteiger charge is 2.17. The van der Waals surface area contributed by atoms with Crippen molar-refractivity contribution in [1.29, 1.82) is 0 Å². The Kier molecular flexibility index (Phi) is 6.24. The van der Waals surface area contributed by atoms with E-state index < -0.39 is 10.0 Å². The van der Waals surface area contributed by atoms with Crippen LogP contribution < -0.4 is 10.5 Å². The summed E-state index contributed by atoms with van der Waals surface area (Å²) in [4.78, 5) is 12.6. The quantitative estimate of drug-likeness (QED) is 0.405. The van der Waals surface area contributed by atoms with Crippen molar-refractivity contribution < 1.29 is 13.2 Å². The number of sulfonamides is 1. The number of thioether (sulfide) groups is 1. The van der Waals surface area contributed by atoms with E-state index in [1.165, 1.54) is 35.5 Å². The van der Waals surface area contributed by atoms with Crippen LogP contribution >= 0.6 is 11.8 Å². The van der Waals surface area contributed by atoms with E-state index in [2.05, 4.69) is 40.6 Å². The Hall–Kier alpha value is -3.21. The van der Waals surface area contributed by atoms with E-state index in [9.17, 15) is 13.2 Å². The van der Waals surface area contributed by atoms with Gasteiger partial charge in [0.2, 0.25) is 15.9 Å². The van der Waals surface area contributed by atoms with Crippen LogP contribution in [0.4, 0.5) is 5.69 Å². The topological polar surface area (TPSA) is 120 Å². The van der Waals surface area contributed by atoms with Crippen LogP contribution in [0.25, 0.3) is 16.5 Å². The molecule has 0 unspecified atom stereocenters. The zero-order chi connectivity index (χ0) is 23.8. The minimum Gasteiger partial charge on any atom is -0.325 e. The number of rotatable bonds is 6. The molecule has 0 aliphatic carbocycles. The number of nitrogens with one attached hydrogen (secondary N) is 1. The maximum absolute atomic E-state index is 12.6. The largest absolute Gasteiger partial charge is 0.325 e. The van der Waals surface area contributed by atoms with Gasteiger partial charge in [0.15, 0.2) is 5.16 Å². The van der Waals surface area contributed by atoms with Crippen molar-refractivity contribution in [3.8, 4) is 5.69 Å². The van der Waals surface area contributed by atoms with E-state index in [-0.39, 0.29) is 16.6 Å². The highest BCUT2D eigenvalue weighted by Crippen LogP contribution is 2.29. The minimum absolute atomic E-state index is 0.00118. The first-order chi connectivity index (χ1) is 15.6. The number of benzene rings is 3. The number of carbonyl (C=O) groups is 1. The zero-order valence-electron chi connectivity index (χ0n) is 18.4. The number of nitrogens with two attached hydrogens (primary N) is 1. The molecule has 170 valence electrons. The van der Waals surface area contributed by atoms with Crippen LogP contribution in [0.5, 0.6) is 0 Å². The van der Waals surface area contributed by atoms with Gasteiger partial charge in [-0.05, 0) is 61.5 Å². The molecule has 3 aromatic carbocycles. The van der Waals surface area contributed by atoms with Crippen molar-refractivity contribution >= 4 is 44.2 Å². The van der Waals surface area contributed by atoms with Crippen LogP contribution in [-0.4, -0.2) is 34.8 Å². The van der Waals surface area contributed by atoms with Gasteiger partial charge in [-0.15, -0.1) is 10.2 Å². The molecule has 0 fully saturated rings. The summed E-state index contributed by atoms with van der Waals surface area (Å²) < 4.78 is 25.0. The van der Waals surface area contributed by atoms with Crippen molar-refractivity contribution in [3.63, 3.8) is 0 Å². The number of nitrogens with zero attached hydrogens (tertiary/aromatic N) is 3. The molecule has 1 heterocycles. The van der Waals surface area contributed by atoms with Crippen molar-refractivity contribution in [2.45, 2.75) is 30.8 Å². The van der Waals surface area contributed by atoms with Crippen molar-refractivity contribution in [3.05, 3.63) is 71.5 Å². The van der Waals surface area contributed by atoms with Crippen molar-refractivity contribution in [2.24, 2.45) is 5.14 Å². The van der Waals surface area contributed by atoms with E-state index in [4.69, 9.17) is 5.14 Å². The van der Waals surface area contributed by atoms with Gasteiger partial charge in [-0.2, -0.15) is 0 Å². The summed E-state index contributed by atoms with van der Waals surface area (Å²) >= 11 is 1.28. The van der Waals surface area contributed by atoms with Gasteiger partial charge < -0.3 is 5.32 Å². The van der Waals surface area contributed by atoms with E-state index in [1.54, 1.807) is 6.92 Å². The number of fused-ring (bicyclic) bond motifs is 1. The summed E-state index contributed by atoms with van der Waals surface area (Å²) in [6.45, 7) is 5.66. The molecule has 3 N–H and O–H groups in total. The van der Waals surface area contributed by atoms with Gasteiger partial charge in [0.05, 0.1) is 16.3 Å². The summed E-state index contributed by atoms with van der Waals surface area (Å²) in [5.74, 6) is 0.590. The third-order valence-corrected chi connectivity index (χ3v) is 7.13. The molecule has 1 aromatic heterocycles. The Balaban J connectivity index is 1.55. The van der Waals surface area contributed by atoms with Crippen LogP contribution in [0.3, 0.4) is 0 Å². The fraction of sp³-hybridized carbons (Fsp3) is 0.174. The van der Waals surface area contributed by atoms with E-state index >= 15 is 0 Å². The predicted molar refractivity (Wildman–Crippen MR) is 130 cm³/mol. The second-order valence-electron chi connectivity index (χ2n) is 7.67. The Bertz CT molecular complexity index is 1480. The van der Waals surface area contributed by atoms with Gasteiger partial charge in [-0.25, -0.2) is 13.6 Å². The molecule has 0 radical (unpaired) electrons. The molecule has 4 rings (SSSR count). The van der Waals surface area contributed by atoms with Gasteiger partial charge in [0.1, 0.15) is 5.82 Å². The SMILES string of the molecule is Cc1cc(S(N)(=O)=O)ccc1NC(=O)CSc1nnc(C)n1-c1ccc(C)c2ccccc12. The summed E-state index contributed by atoms with van der Waals surface area (Å²) in [6, 6.07) is 16.6. The number of hydrogen-bond acceptors (Lipinski definition) is 6. The van der Waals surface area contributed by atoms with E-state index in [0.717, 1.165) is 22.3 Å². The molecular formula is C23H23N5O3S2. The summed E-state index contributed by atoms with van der Waals surface area (Å²) in [5, 5.41) is 19.3. The average molecular weight is 482 g/mol. The smallest absolute Gasteiger partial charge is 0.238 e. The molecule has 0 atom stereocenters. The van der Waals surface area contributed by atoms with Gasteiger partial charge >= 0.3 is 0 Å². The lowest BCUT2D eigenvalue weighted by molar-refractivity contribution is -0.113. The monoisotopic (exact) mass is 481 g/mol. The maximum atomic E-state index is 12.6. The first-order valence-electron chi connectivity index (χ1n) is 10.1. The number of aryl methyl sites for hydroxylation is 3. The molecule has 4 aromatic rings. The van der Waals surface area contributed by atoms with Crippen molar-refractivity contribution in [2.75, 3.05) is 11.1 Å². The molecule has 8 nitrogen and oxygen atoms in total. The fourth-order valence-electron chi connectivity index (χ4n) is 3.61. The average Bonchev–Trinajstić information content (AvgIpc) is 3.14. The van der Waals surface area contributed by atoms with Gasteiger partial charge in [0, 0.05) is 11.1 Å². The molecule has 0 aliphatic rings. The van der Waals surface area contributed by atoms with Gasteiger partial charge in [0.25, 0.3) is 0 Å². The number of carbonyl (C=O) groups excluding carboxylic acids is 1. The lowest BCUT2D eigenvalue weighted by Crippen LogP contribution is -2.16. The van der Waals surface area contributed by atoms with E-state index in [0.29, 0.717) is 16.4 Å². The molecule has 33 heavy (non-hydrogen) atoms. The Morgan fingerprint density at radius 1 is 1.00 bits per heavy atom. The molecule has 0 saturated heterocycles. The Morgan fingerprint density at radius 2 is 1.73 bits per heavy atom. The lowest BCUT2D eigenvalue weighted by atomic mass is 10.0. The van der Waals surface area contributed by atoms with Crippen LogP contribution in [-0.2, 0) is 14.8 Å². The molecule has 0 aliphatic heterocycles. The predicted octanol–water partition coefficient (Wildman–Crippen LogP) is 3.72. The van der Waals surface area contributed by atoms with Crippen molar-refractivity contribution in [1.82, 2.24) is 14.8 Å². The summed E-state index contributed by atoms with van der Waals surface area (Å²) in [6.07, 6.45) is 0. The summed E-state index contributed by atoms with van der Waals surface area (Å²) in [7, 11) is -3.80.